The van der Waals surface area contributed by atoms with Crippen molar-refractivity contribution in [1.29, 1.82) is 0 Å². The van der Waals surface area contributed by atoms with Crippen LogP contribution in [0, 0.1) is 0 Å². The molecular weight excluding hydrogens is 374 g/mol. The summed E-state index contributed by atoms with van der Waals surface area (Å²) in [6, 6.07) is 14.6. The highest BCUT2D eigenvalue weighted by Crippen LogP contribution is 2.36. The number of fused-ring (bicyclic) bond motifs is 2. The zero-order valence-electron chi connectivity index (χ0n) is 18.5. The maximum atomic E-state index is 12.6. The fraction of sp³-hybridized carbons (Fsp3) is 0.360. The fourth-order valence-corrected chi connectivity index (χ4v) is 3.29. The Kier molecular flexibility index (Phi) is 8.81. The topological polar surface area (TPSA) is 80.6 Å². The van der Waals surface area contributed by atoms with E-state index in [-0.39, 0.29) is 24.0 Å². The van der Waals surface area contributed by atoms with Crippen LogP contribution in [0.15, 0.2) is 53.5 Å². The molecule has 2 aromatic carbocycles. The minimum Gasteiger partial charge on any atom is -0.494 e. The van der Waals surface area contributed by atoms with Gasteiger partial charge < -0.3 is 10.8 Å². The molecule has 160 valence electrons. The number of ketones is 1. The second-order valence-electron chi connectivity index (χ2n) is 7.19. The van der Waals surface area contributed by atoms with E-state index in [1.165, 1.54) is 25.7 Å². The lowest BCUT2D eigenvalue weighted by Crippen LogP contribution is -2.12. The fourth-order valence-electron chi connectivity index (χ4n) is 3.29. The van der Waals surface area contributed by atoms with Crippen LogP contribution in [0.1, 0.15) is 69.3 Å². The Hall–Kier alpha value is -2.92. The second-order valence-corrected chi connectivity index (χ2v) is 7.19. The van der Waals surface area contributed by atoms with E-state index in [2.05, 4.69) is 32.7 Å². The van der Waals surface area contributed by atoms with Crippen LogP contribution in [0.25, 0.3) is 10.9 Å². The highest BCUT2D eigenvalue weighted by Gasteiger charge is 2.30. The number of nitrogens with zero attached hydrogens (tertiary/aromatic N) is 2. The summed E-state index contributed by atoms with van der Waals surface area (Å²) in [5.41, 5.74) is 8.41. The van der Waals surface area contributed by atoms with Crippen molar-refractivity contribution in [1.82, 2.24) is 4.57 Å². The van der Waals surface area contributed by atoms with Crippen LogP contribution >= 0.6 is 0 Å². The molecule has 0 saturated heterocycles. The van der Waals surface area contributed by atoms with Crippen LogP contribution in [-0.4, -0.2) is 21.2 Å². The molecule has 0 radical (unpaired) electrons. The molecular formula is C25H33N3O2. The second kappa shape index (κ2) is 11.3. The summed E-state index contributed by atoms with van der Waals surface area (Å²) in [6.07, 6.45) is 5.33. The Morgan fingerprint density at radius 2 is 1.57 bits per heavy atom. The van der Waals surface area contributed by atoms with Gasteiger partial charge >= 0.3 is 0 Å². The maximum Gasteiger partial charge on any atom is 0.214 e. The first kappa shape index (κ1) is 23.4. The number of carbonyl (C=O) groups excluding carboxylic acids is 1. The van der Waals surface area contributed by atoms with Gasteiger partial charge in [-0.3, -0.25) is 9.36 Å². The van der Waals surface area contributed by atoms with E-state index < -0.39 is 0 Å². The number of Topliss-reactive ketones (excluding diaryl/α,β-unsaturated/α-hetero) is 1. The number of para-hydroxylation sites is 2. The van der Waals surface area contributed by atoms with Gasteiger partial charge in [-0.1, -0.05) is 83.7 Å². The van der Waals surface area contributed by atoms with Gasteiger partial charge in [0.25, 0.3) is 0 Å². The lowest BCUT2D eigenvalue weighted by Gasteiger charge is -2.02. The standard InChI is InChI=1S/C17H13N3O2.C5H12.C3H8/c18-9-20-13-8-4-2-6-11(13)14(17(20)22)15-16(21)10-5-1-3-7-12(10)19-15;1-3-5-4-2;1-3-2/h1-8,22H,9,18H2;3-5H2,1-2H3;3H2,1-2H3. The SMILES string of the molecule is CCC.CCCCC.NCn1c(O)c(C2=Nc3ccccc3C2=O)c2ccccc21. The van der Waals surface area contributed by atoms with Gasteiger partial charge in [-0.15, -0.1) is 0 Å². The summed E-state index contributed by atoms with van der Waals surface area (Å²) in [5, 5.41) is 11.3. The van der Waals surface area contributed by atoms with Crippen LogP contribution in [-0.2, 0) is 6.67 Å². The van der Waals surface area contributed by atoms with Gasteiger partial charge in [-0.05, 0) is 18.2 Å². The monoisotopic (exact) mass is 407 g/mol. The number of aliphatic imine (C=N–C) groups is 1. The average molecular weight is 408 g/mol. The van der Waals surface area contributed by atoms with E-state index in [9.17, 15) is 9.90 Å². The molecule has 0 aliphatic carbocycles. The van der Waals surface area contributed by atoms with Crippen LogP contribution in [0.2, 0.25) is 0 Å². The first-order valence-corrected chi connectivity index (χ1v) is 10.8. The Morgan fingerprint density at radius 1 is 0.967 bits per heavy atom. The number of rotatable bonds is 4. The highest BCUT2D eigenvalue weighted by molar-refractivity contribution is 6.56. The van der Waals surface area contributed by atoms with Gasteiger partial charge in [0, 0.05) is 10.9 Å². The number of benzene rings is 2. The van der Waals surface area contributed by atoms with Crippen molar-refractivity contribution in [3.63, 3.8) is 0 Å². The van der Waals surface area contributed by atoms with Crippen molar-refractivity contribution in [2.45, 2.75) is 60.0 Å². The normalized spacial score (nSPS) is 11.9. The minimum absolute atomic E-state index is 0.0244. The zero-order chi connectivity index (χ0) is 22.1. The Balaban J connectivity index is 0.000000347. The van der Waals surface area contributed by atoms with E-state index in [4.69, 9.17) is 5.73 Å². The molecule has 0 atom stereocenters. The van der Waals surface area contributed by atoms with Gasteiger partial charge in [0.1, 0.15) is 5.71 Å². The number of hydrogen-bond acceptors (Lipinski definition) is 4. The van der Waals surface area contributed by atoms with Gasteiger partial charge in [-0.25, -0.2) is 4.99 Å². The van der Waals surface area contributed by atoms with Crippen molar-refractivity contribution in [3.05, 3.63) is 59.7 Å². The van der Waals surface area contributed by atoms with E-state index >= 15 is 0 Å². The Labute approximate surface area is 179 Å². The van der Waals surface area contributed by atoms with Crippen LogP contribution in [0.5, 0.6) is 5.88 Å². The molecule has 0 amide bonds. The zero-order valence-corrected chi connectivity index (χ0v) is 18.5. The van der Waals surface area contributed by atoms with Crippen molar-refractivity contribution in [3.8, 4) is 5.88 Å². The molecule has 1 aliphatic heterocycles. The van der Waals surface area contributed by atoms with E-state index in [1.54, 1.807) is 22.8 Å². The minimum atomic E-state index is -0.175. The van der Waals surface area contributed by atoms with Gasteiger partial charge in [0.15, 0.2) is 0 Å². The summed E-state index contributed by atoms with van der Waals surface area (Å²) in [7, 11) is 0. The number of unbranched alkanes of at least 4 members (excludes halogenated alkanes) is 2. The molecule has 3 N–H and O–H groups in total. The number of hydrogen-bond donors (Lipinski definition) is 2. The van der Waals surface area contributed by atoms with Gasteiger partial charge in [0.2, 0.25) is 11.7 Å². The third-order valence-corrected chi connectivity index (χ3v) is 4.67. The first-order chi connectivity index (χ1) is 14.5. The summed E-state index contributed by atoms with van der Waals surface area (Å²) >= 11 is 0. The smallest absolute Gasteiger partial charge is 0.214 e. The van der Waals surface area contributed by atoms with E-state index in [1.807, 2.05) is 30.3 Å². The lowest BCUT2D eigenvalue weighted by atomic mass is 10.0. The molecule has 0 bridgehead atoms. The van der Waals surface area contributed by atoms with Crippen LogP contribution in [0.3, 0.4) is 0 Å². The Morgan fingerprint density at radius 3 is 2.13 bits per heavy atom. The molecule has 30 heavy (non-hydrogen) atoms. The number of aromatic hydroxyl groups is 1. The van der Waals surface area contributed by atoms with E-state index in [0.717, 1.165) is 10.9 Å². The third-order valence-electron chi connectivity index (χ3n) is 4.67. The van der Waals surface area contributed by atoms with E-state index in [0.29, 0.717) is 16.8 Å². The number of nitrogens with two attached hydrogens (primary N) is 1. The Bertz CT molecular complexity index is 1020. The predicted molar refractivity (Wildman–Crippen MR) is 126 cm³/mol. The van der Waals surface area contributed by atoms with Crippen molar-refractivity contribution < 1.29 is 9.90 Å². The van der Waals surface area contributed by atoms with Crippen LogP contribution in [0.4, 0.5) is 5.69 Å². The summed E-state index contributed by atoms with van der Waals surface area (Å²) in [4.78, 5) is 17.0. The summed E-state index contributed by atoms with van der Waals surface area (Å²) in [5.74, 6) is -0.200. The molecule has 0 fully saturated rings. The first-order valence-electron chi connectivity index (χ1n) is 10.8. The molecule has 1 aliphatic rings. The highest BCUT2D eigenvalue weighted by atomic mass is 16.3. The molecule has 0 spiro atoms. The van der Waals surface area contributed by atoms with Crippen molar-refractivity contribution in [2.75, 3.05) is 0 Å². The molecule has 3 aromatic rings. The lowest BCUT2D eigenvalue weighted by molar-refractivity contribution is 0.107. The molecule has 2 heterocycles. The quantitative estimate of drug-likeness (QED) is 0.541. The van der Waals surface area contributed by atoms with Gasteiger partial charge in [0.05, 0.1) is 23.4 Å². The third kappa shape index (κ3) is 4.79. The van der Waals surface area contributed by atoms with Gasteiger partial charge in [-0.2, -0.15) is 0 Å². The molecule has 0 saturated carbocycles. The number of carbonyl (C=O) groups is 1. The van der Waals surface area contributed by atoms with Crippen molar-refractivity contribution >= 4 is 28.1 Å². The molecule has 5 nitrogen and oxygen atoms in total. The average Bonchev–Trinajstić information content (AvgIpc) is 3.23. The predicted octanol–water partition coefficient (Wildman–Crippen LogP) is 6.19. The molecule has 0 unspecified atom stereocenters. The maximum absolute atomic E-state index is 12.6. The molecule has 4 rings (SSSR count). The van der Waals surface area contributed by atoms with Crippen LogP contribution < -0.4 is 5.73 Å². The molecule has 5 heteroatoms. The van der Waals surface area contributed by atoms with Crippen molar-refractivity contribution in [2.24, 2.45) is 10.7 Å². The number of aromatic nitrogens is 1. The summed E-state index contributed by atoms with van der Waals surface area (Å²) in [6.45, 7) is 8.80. The largest absolute Gasteiger partial charge is 0.494 e. The summed E-state index contributed by atoms with van der Waals surface area (Å²) < 4.78 is 1.57. The molecule has 1 aromatic heterocycles.